The summed E-state index contributed by atoms with van der Waals surface area (Å²) in [4.78, 5) is 4.45. The first-order valence-corrected chi connectivity index (χ1v) is 6.51. The fourth-order valence-electron chi connectivity index (χ4n) is 2.16. The van der Waals surface area contributed by atoms with Crippen LogP contribution in [0.25, 0.3) is 0 Å². The average molecular weight is 271 g/mol. The third-order valence-corrected chi connectivity index (χ3v) is 3.13. The van der Waals surface area contributed by atoms with Gasteiger partial charge < -0.3 is 10.0 Å². The summed E-state index contributed by atoms with van der Waals surface area (Å²) in [5, 5.41) is 18.1. The highest BCUT2D eigenvalue weighted by Gasteiger charge is 2.23. The zero-order valence-corrected chi connectivity index (χ0v) is 11.6. The normalized spacial score (nSPS) is 18.1. The van der Waals surface area contributed by atoms with Crippen LogP contribution in [0.2, 0.25) is 5.15 Å². The van der Waals surface area contributed by atoms with E-state index in [1.54, 1.807) is 6.07 Å². The second-order valence-electron chi connectivity index (χ2n) is 5.29. The van der Waals surface area contributed by atoms with Crippen molar-refractivity contribution in [2.24, 2.45) is 0 Å². The standard InChI is InChI=1S/C12H19ClN4O/c1-12(2,18)9-16-5-7-17(8-6-16)11-4-3-10(13)14-15-11/h3-4,18H,5-9H2,1-2H3. The Kier molecular flexibility index (Phi) is 4.04. The first-order valence-electron chi connectivity index (χ1n) is 6.13. The van der Waals surface area contributed by atoms with Crippen LogP contribution < -0.4 is 4.90 Å². The van der Waals surface area contributed by atoms with Crippen molar-refractivity contribution in [3.05, 3.63) is 17.3 Å². The summed E-state index contributed by atoms with van der Waals surface area (Å²) in [6, 6.07) is 3.65. The molecule has 100 valence electrons. The quantitative estimate of drug-likeness (QED) is 0.889. The molecule has 0 radical (unpaired) electrons. The summed E-state index contributed by atoms with van der Waals surface area (Å²) >= 11 is 5.72. The van der Waals surface area contributed by atoms with Gasteiger partial charge in [0.1, 0.15) is 0 Å². The summed E-state index contributed by atoms with van der Waals surface area (Å²) in [5.41, 5.74) is -0.637. The highest BCUT2D eigenvalue weighted by molar-refractivity contribution is 6.29. The Labute approximate surface area is 112 Å². The molecule has 1 aliphatic heterocycles. The number of aromatic nitrogens is 2. The van der Waals surface area contributed by atoms with E-state index in [0.29, 0.717) is 11.7 Å². The third-order valence-electron chi connectivity index (χ3n) is 2.92. The lowest BCUT2D eigenvalue weighted by Gasteiger charge is -2.37. The van der Waals surface area contributed by atoms with Crippen molar-refractivity contribution in [3.8, 4) is 0 Å². The molecule has 1 aliphatic rings. The SMILES string of the molecule is CC(C)(O)CN1CCN(c2ccc(Cl)nn2)CC1. The van der Waals surface area contributed by atoms with Gasteiger partial charge in [-0.15, -0.1) is 10.2 Å². The van der Waals surface area contributed by atoms with E-state index in [1.165, 1.54) is 0 Å². The molecular weight excluding hydrogens is 252 g/mol. The molecule has 0 unspecified atom stereocenters. The van der Waals surface area contributed by atoms with Crippen molar-refractivity contribution in [1.82, 2.24) is 15.1 Å². The number of hydrogen-bond acceptors (Lipinski definition) is 5. The van der Waals surface area contributed by atoms with Gasteiger partial charge in [-0.3, -0.25) is 4.90 Å². The van der Waals surface area contributed by atoms with Crippen LogP contribution in [0.5, 0.6) is 0 Å². The first-order chi connectivity index (χ1) is 8.44. The monoisotopic (exact) mass is 270 g/mol. The van der Waals surface area contributed by atoms with E-state index in [2.05, 4.69) is 20.0 Å². The predicted molar refractivity (Wildman–Crippen MR) is 72.0 cm³/mol. The van der Waals surface area contributed by atoms with Crippen molar-refractivity contribution in [3.63, 3.8) is 0 Å². The molecule has 0 saturated carbocycles. The van der Waals surface area contributed by atoms with E-state index in [1.807, 2.05) is 19.9 Å². The molecule has 0 aromatic carbocycles. The molecule has 2 heterocycles. The minimum atomic E-state index is -0.637. The minimum absolute atomic E-state index is 0.416. The van der Waals surface area contributed by atoms with Crippen LogP contribution in [0.1, 0.15) is 13.8 Å². The number of piperazine rings is 1. The van der Waals surface area contributed by atoms with Crippen molar-refractivity contribution in [2.45, 2.75) is 19.4 Å². The topological polar surface area (TPSA) is 52.5 Å². The molecule has 6 heteroatoms. The van der Waals surface area contributed by atoms with Gasteiger partial charge in [0.25, 0.3) is 0 Å². The number of hydrogen-bond donors (Lipinski definition) is 1. The molecule has 1 saturated heterocycles. The molecular formula is C12H19ClN4O. The van der Waals surface area contributed by atoms with Gasteiger partial charge in [0.2, 0.25) is 0 Å². The van der Waals surface area contributed by atoms with E-state index in [0.717, 1.165) is 32.0 Å². The van der Waals surface area contributed by atoms with E-state index >= 15 is 0 Å². The Bertz CT molecular complexity index is 382. The molecule has 1 N–H and O–H groups in total. The predicted octanol–water partition coefficient (Wildman–Crippen LogP) is 1.02. The van der Waals surface area contributed by atoms with Crippen LogP contribution in [0, 0.1) is 0 Å². The van der Waals surface area contributed by atoms with Gasteiger partial charge in [-0.25, -0.2) is 0 Å². The molecule has 0 atom stereocenters. The van der Waals surface area contributed by atoms with Gasteiger partial charge in [-0.05, 0) is 26.0 Å². The second-order valence-corrected chi connectivity index (χ2v) is 5.68. The molecule has 18 heavy (non-hydrogen) atoms. The average Bonchev–Trinajstić information content (AvgIpc) is 2.29. The molecule has 0 aliphatic carbocycles. The van der Waals surface area contributed by atoms with Crippen molar-refractivity contribution in [2.75, 3.05) is 37.6 Å². The molecule has 5 nitrogen and oxygen atoms in total. The molecule has 1 fully saturated rings. The number of aliphatic hydroxyl groups is 1. The number of anilines is 1. The van der Waals surface area contributed by atoms with E-state index in [-0.39, 0.29) is 0 Å². The summed E-state index contributed by atoms with van der Waals surface area (Å²) < 4.78 is 0. The molecule has 1 aromatic rings. The Balaban J connectivity index is 1.88. The highest BCUT2D eigenvalue weighted by Crippen LogP contribution is 2.15. The zero-order valence-electron chi connectivity index (χ0n) is 10.8. The number of rotatable bonds is 3. The van der Waals surface area contributed by atoms with Gasteiger partial charge in [0.15, 0.2) is 11.0 Å². The lowest BCUT2D eigenvalue weighted by atomic mass is 10.1. The Morgan fingerprint density at radius 1 is 1.22 bits per heavy atom. The lowest BCUT2D eigenvalue weighted by molar-refractivity contribution is 0.0344. The van der Waals surface area contributed by atoms with Gasteiger partial charge in [0.05, 0.1) is 5.60 Å². The number of β-amino-alcohol motifs (C(OH)–C–C–N with tert-alkyl or cyclic N) is 1. The maximum atomic E-state index is 9.79. The van der Waals surface area contributed by atoms with Crippen molar-refractivity contribution in [1.29, 1.82) is 0 Å². The van der Waals surface area contributed by atoms with E-state index in [9.17, 15) is 5.11 Å². The van der Waals surface area contributed by atoms with Gasteiger partial charge in [-0.1, -0.05) is 11.6 Å². The zero-order chi connectivity index (χ0) is 13.2. The second kappa shape index (κ2) is 5.38. The van der Waals surface area contributed by atoms with Crippen LogP contribution in [-0.2, 0) is 0 Å². The summed E-state index contributed by atoms with van der Waals surface area (Å²) in [5.74, 6) is 0.863. The van der Waals surface area contributed by atoms with Gasteiger partial charge in [-0.2, -0.15) is 0 Å². The molecule has 0 bridgehead atoms. The fraction of sp³-hybridized carbons (Fsp3) is 0.667. The molecule has 1 aromatic heterocycles. The Morgan fingerprint density at radius 3 is 2.39 bits per heavy atom. The smallest absolute Gasteiger partial charge is 0.151 e. The summed E-state index contributed by atoms with van der Waals surface area (Å²) in [7, 11) is 0. The van der Waals surface area contributed by atoms with E-state index < -0.39 is 5.60 Å². The third kappa shape index (κ3) is 3.80. The van der Waals surface area contributed by atoms with Gasteiger partial charge >= 0.3 is 0 Å². The first kappa shape index (κ1) is 13.5. The fourth-order valence-corrected chi connectivity index (χ4v) is 2.26. The minimum Gasteiger partial charge on any atom is -0.389 e. The maximum absolute atomic E-state index is 9.79. The lowest BCUT2D eigenvalue weighted by Crippen LogP contribution is -2.50. The van der Waals surface area contributed by atoms with Crippen molar-refractivity contribution >= 4 is 17.4 Å². The van der Waals surface area contributed by atoms with Gasteiger partial charge in [0, 0.05) is 32.7 Å². The van der Waals surface area contributed by atoms with Crippen LogP contribution >= 0.6 is 11.6 Å². The summed E-state index contributed by atoms with van der Waals surface area (Å²) in [6.45, 7) is 8.02. The molecule has 0 spiro atoms. The van der Waals surface area contributed by atoms with Crippen LogP contribution in [0.3, 0.4) is 0 Å². The number of nitrogens with zero attached hydrogens (tertiary/aromatic N) is 4. The molecule has 2 rings (SSSR count). The number of halogens is 1. The van der Waals surface area contributed by atoms with Crippen molar-refractivity contribution < 1.29 is 5.11 Å². The van der Waals surface area contributed by atoms with Crippen LogP contribution in [0.4, 0.5) is 5.82 Å². The van der Waals surface area contributed by atoms with E-state index in [4.69, 9.17) is 11.6 Å². The Hall–Kier alpha value is -0.910. The highest BCUT2D eigenvalue weighted by atomic mass is 35.5. The summed E-state index contributed by atoms with van der Waals surface area (Å²) in [6.07, 6.45) is 0. The Morgan fingerprint density at radius 2 is 1.89 bits per heavy atom. The van der Waals surface area contributed by atoms with Crippen LogP contribution in [0.15, 0.2) is 12.1 Å². The maximum Gasteiger partial charge on any atom is 0.151 e. The molecule has 0 amide bonds. The largest absolute Gasteiger partial charge is 0.389 e. The van der Waals surface area contributed by atoms with Crippen LogP contribution in [-0.4, -0.2) is 58.5 Å².